The van der Waals surface area contributed by atoms with Gasteiger partial charge in [-0.25, -0.2) is 4.39 Å². The van der Waals surface area contributed by atoms with Crippen LogP contribution in [0.2, 0.25) is 0 Å². The number of rotatable bonds is 5. The highest BCUT2D eigenvalue weighted by Crippen LogP contribution is 2.34. The number of nitrogens with one attached hydrogen (secondary N) is 1. The van der Waals surface area contributed by atoms with E-state index in [1.807, 2.05) is 23.6 Å². The molecule has 7 heteroatoms. The van der Waals surface area contributed by atoms with Crippen molar-refractivity contribution < 1.29 is 18.4 Å². The average molecular weight is 450 g/mol. The molecule has 2 amide bonds. The van der Waals surface area contributed by atoms with Gasteiger partial charge in [0.25, 0.3) is 5.91 Å². The second-order valence-electron chi connectivity index (χ2n) is 9.27. The Hall–Kier alpha value is -3.35. The molecule has 0 radical (unpaired) electrons. The summed E-state index contributed by atoms with van der Waals surface area (Å²) in [7, 11) is 0. The van der Waals surface area contributed by atoms with Crippen LogP contribution in [0.3, 0.4) is 0 Å². The van der Waals surface area contributed by atoms with Crippen molar-refractivity contribution in [3.05, 3.63) is 71.9 Å². The van der Waals surface area contributed by atoms with Crippen molar-refractivity contribution in [2.24, 2.45) is 0 Å². The van der Waals surface area contributed by atoms with Crippen molar-refractivity contribution >= 4 is 11.8 Å². The van der Waals surface area contributed by atoms with Gasteiger partial charge < -0.3 is 19.2 Å². The van der Waals surface area contributed by atoms with E-state index in [1.165, 1.54) is 18.6 Å². The lowest BCUT2D eigenvalue weighted by Gasteiger charge is -2.45. The van der Waals surface area contributed by atoms with Gasteiger partial charge in [-0.15, -0.1) is 0 Å². The summed E-state index contributed by atoms with van der Waals surface area (Å²) < 4.78 is 20.9. The molecule has 1 aliphatic carbocycles. The van der Waals surface area contributed by atoms with E-state index in [1.54, 1.807) is 35.4 Å². The molecule has 1 fully saturated rings. The van der Waals surface area contributed by atoms with Gasteiger partial charge in [-0.1, -0.05) is 31.4 Å². The molecule has 1 N–H and O–H groups in total. The quantitative estimate of drug-likeness (QED) is 0.611. The number of nitrogens with zero attached hydrogens (tertiary/aromatic N) is 2. The predicted molar refractivity (Wildman–Crippen MR) is 122 cm³/mol. The van der Waals surface area contributed by atoms with Crippen LogP contribution in [0.15, 0.2) is 59.2 Å². The number of amides is 2. The first-order valence-corrected chi connectivity index (χ1v) is 11.6. The molecule has 0 saturated heterocycles. The number of hydrogen-bond acceptors (Lipinski definition) is 3. The van der Waals surface area contributed by atoms with E-state index in [0.717, 1.165) is 36.9 Å². The van der Waals surface area contributed by atoms with Gasteiger partial charge in [0.1, 0.15) is 22.8 Å². The predicted octanol–water partition coefficient (Wildman–Crippen LogP) is 4.75. The zero-order chi connectivity index (χ0) is 23.0. The fraction of sp³-hybridized carbons (Fsp3) is 0.385. The van der Waals surface area contributed by atoms with Gasteiger partial charge in [-0.05, 0) is 61.7 Å². The van der Waals surface area contributed by atoms with Crippen LogP contribution < -0.4 is 5.32 Å². The largest absolute Gasteiger partial charge is 0.463 e. The molecule has 3 aromatic rings. The smallest absolute Gasteiger partial charge is 0.271 e. The molecule has 0 spiro atoms. The normalized spacial score (nSPS) is 21.2. The minimum atomic E-state index is -1.11. The third-order valence-corrected chi connectivity index (χ3v) is 6.96. The number of fused-ring (bicyclic) bond motifs is 1. The lowest BCUT2D eigenvalue weighted by molar-refractivity contribution is -0.134. The lowest BCUT2D eigenvalue weighted by Crippen LogP contribution is -2.64. The van der Waals surface area contributed by atoms with E-state index in [4.69, 9.17) is 4.42 Å². The van der Waals surface area contributed by atoms with Crippen LogP contribution in [0.4, 0.5) is 4.39 Å². The molecule has 172 valence electrons. The molecule has 3 heterocycles. The maximum Gasteiger partial charge on any atom is 0.271 e. The van der Waals surface area contributed by atoms with Crippen LogP contribution in [0.1, 0.15) is 55.1 Å². The Morgan fingerprint density at radius 2 is 1.82 bits per heavy atom. The van der Waals surface area contributed by atoms with Crippen LogP contribution in [-0.4, -0.2) is 32.9 Å². The first-order valence-electron chi connectivity index (χ1n) is 11.6. The Bertz CT molecular complexity index is 1150. The van der Waals surface area contributed by atoms with Gasteiger partial charge >= 0.3 is 0 Å². The van der Waals surface area contributed by atoms with Crippen molar-refractivity contribution in [1.82, 2.24) is 14.8 Å². The molecule has 0 bridgehead atoms. The Morgan fingerprint density at radius 3 is 2.52 bits per heavy atom. The van der Waals surface area contributed by atoms with E-state index in [2.05, 4.69) is 5.32 Å². The molecule has 1 saturated carbocycles. The van der Waals surface area contributed by atoms with Crippen molar-refractivity contribution in [1.29, 1.82) is 0 Å². The second kappa shape index (κ2) is 8.54. The molecule has 2 aliphatic rings. The van der Waals surface area contributed by atoms with Gasteiger partial charge in [-0.3, -0.25) is 9.59 Å². The molecule has 1 atom stereocenters. The first-order chi connectivity index (χ1) is 16.0. The topological polar surface area (TPSA) is 67.5 Å². The fourth-order valence-corrected chi connectivity index (χ4v) is 5.02. The van der Waals surface area contributed by atoms with E-state index in [9.17, 15) is 14.0 Å². The van der Waals surface area contributed by atoms with E-state index < -0.39 is 5.54 Å². The third kappa shape index (κ3) is 3.96. The molecule has 1 aliphatic heterocycles. The van der Waals surface area contributed by atoms with E-state index in [-0.39, 0.29) is 30.2 Å². The third-order valence-electron chi connectivity index (χ3n) is 6.96. The van der Waals surface area contributed by atoms with Gasteiger partial charge in [0.2, 0.25) is 5.91 Å². The number of carbonyl (C=O) groups is 2. The SMILES string of the molecule is C[C@]1(C(=O)NC2CCCCC2)Cn2c(ccc2-c2ccco2)C(=O)N1Cc1ccc(F)cc1. The summed E-state index contributed by atoms with van der Waals surface area (Å²) in [6.07, 6.45) is 6.91. The molecule has 2 aromatic heterocycles. The van der Waals surface area contributed by atoms with Crippen LogP contribution in [0.25, 0.3) is 11.5 Å². The zero-order valence-electron chi connectivity index (χ0n) is 18.7. The number of carbonyl (C=O) groups excluding carboxylic acids is 2. The summed E-state index contributed by atoms with van der Waals surface area (Å²) >= 11 is 0. The van der Waals surface area contributed by atoms with Crippen molar-refractivity contribution in [3.63, 3.8) is 0 Å². The van der Waals surface area contributed by atoms with E-state index in [0.29, 0.717) is 18.0 Å². The summed E-state index contributed by atoms with van der Waals surface area (Å²) in [4.78, 5) is 29.0. The number of benzene rings is 1. The summed E-state index contributed by atoms with van der Waals surface area (Å²) in [6.45, 7) is 2.34. The van der Waals surface area contributed by atoms with Crippen molar-refractivity contribution in [3.8, 4) is 11.5 Å². The van der Waals surface area contributed by atoms with Gasteiger partial charge in [0.15, 0.2) is 0 Å². The van der Waals surface area contributed by atoms with Crippen LogP contribution >= 0.6 is 0 Å². The maximum atomic E-state index is 13.7. The highest BCUT2D eigenvalue weighted by atomic mass is 19.1. The summed E-state index contributed by atoms with van der Waals surface area (Å²) in [6, 6.07) is 13.5. The molecule has 6 nitrogen and oxygen atoms in total. The molecular formula is C26H28FN3O3. The molecule has 33 heavy (non-hydrogen) atoms. The van der Waals surface area contributed by atoms with Crippen molar-refractivity contribution in [2.75, 3.05) is 0 Å². The molecule has 1 aromatic carbocycles. The van der Waals surface area contributed by atoms with Gasteiger partial charge in [0, 0.05) is 12.6 Å². The summed E-state index contributed by atoms with van der Waals surface area (Å²) in [5.74, 6) is -0.0751. The van der Waals surface area contributed by atoms with E-state index >= 15 is 0 Å². The minimum absolute atomic E-state index is 0.126. The Labute approximate surface area is 192 Å². The van der Waals surface area contributed by atoms with Crippen molar-refractivity contribution in [2.45, 2.75) is 63.7 Å². The van der Waals surface area contributed by atoms with Crippen LogP contribution in [0.5, 0.6) is 0 Å². The number of furan rings is 1. The van der Waals surface area contributed by atoms with Gasteiger partial charge in [0.05, 0.1) is 18.5 Å². The highest BCUT2D eigenvalue weighted by Gasteiger charge is 2.48. The van der Waals surface area contributed by atoms with Crippen LogP contribution in [0, 0.1) is 5.82 Å². The number of aromatic nitrogens is 1. The molecule has 5 rings (SSSR count). The fourth-order valence-electron chi connectivity index (χ4n) is 5.02. The first kappa shape index (κ1) is 21.5. The average Bonchev–Trinajstić information content (AvgIpc) is 3.48. The lowest BCUT2D eigenvalue weighted by atomic mass is 9.91. The van der Waals surface area contributed by atoms with Gasteiger partial charge in [-0.2, -0.15) is 0 Å². The summed E-state index contributed by atoms with van der Waals surface area (Å²) in [5.41, 5.74) is 0.927. The Balaban J connectivity index is 1.52. The highest BCUT2D eigenvalue weighted by molar-refractivity contribution is 6.00. The number of hydrogen-bond donors (Lipinski definition) is 1. The standard InChI is InChI=1S/C26H28FN3O3/c1-26(25(32)28-20-6-3-2-4-7-20)17-29-21(23-8-5-15-33-23)13-14-22(29)24(31)30(26)16-18-9-11-19(27)12-10-18/h5,8-15,20H,2-4,6-7,16-17H2,1H3,(H,28,32)/t26-/m1/s1. The molecule has 0 unspecified atom stereocenters. The minimum Gasteiger partial charge on any atom is -0.463 e. The molecular weight excluding hydrogens is 421 g/mol. The monoisotopic (exact) mass is 449 g/mol. The van der Waals surface area contributed by atoms with Crippen LogP contribution in [-0.2, 0) is 17.9 Å². The second-order valence-corrected chi connectivity index (χ2v) is 9.27. The zero-order valence-corrected chi connectivity index (χ0v) is 18.7. The number of halogens is 1. The maximum absolute atomic E-state index is 13.7. The Kier molecular flexibility index (Phi) is 5.56. The summed E-state index contributed by atoms with van der Waals surface area (Å²) in [5, 5.41) is 3.22. The Morgan fingerprint density at radius 1 is 1.09 bits per heavy atom.